The van der Waals surface area contributed by atoms with Crippen LogP contribution in [0, 0.1) is 10.1 Å². The van der Waals surface area contributed by atoms with E-state index in [1.165, 1.54) is 36.0 Å². The lowest BCUT2D eigenvalue weighted by Gasteiger charge is -2.10. The molecule has 0 aliphatic heterocycles. The summed E-state index contributed by atoms with van der Waals surface area (Å²) in [5.41, 5.74) is 6.50. The fourth-order valence-electron chi connectivity index (χ4n) is 2.41. The van der Waals surface area contributed by atoms with Crippen molar-refractivity contribution < 1.29 is 14.5 Å². The van der Waals surface area contributed by atoms with Crippen LogP contribution in [0.1, 0.15) is 28.4 Å². The topological polar surface area (TPSA) is 130 Å². The van der Waals surface area contributed by atoms with Gasteiger partial charge < -0.3 is 4.98 Å². The summed E-state index contributed by atoms with van der Waals surface area (Å²) in [5.74, 6) is -0.0330. The highest BCUT2D eigenvalue weighted by molar-refractivity contribution is 8.00. The lowest BCUT2D eigenvalue weighted by Crippen LogP contribution is -2.42. The van der Waals surface area contributed by atoms with Crippen LogP contribution in [0.3, 0.4) is 0 Å². The number of para-hydroxylation sites is 2. The molecule has 3 rings (SSSR count). The highest BCUT2D eigenvalue weighted by Crippen LogP contribution is 2.27. The summed E-state index contributed by atoms with van der Waals surface area (Å²) < 4.78 is 0. The maximum atomic E-state index is 12.0. The number of fused-ring (bicyclic) bond motifs is 1. The van der Waals surface area contributed by atoms with Gasteiger partial charge in [0.05, 0.1) is 27.0 Å². The number of aromatic nitrogens is 2. The number of imidazole rings is 1. The Morgan fingerprint density at radius 1 is 1.18 bits per heavy atom. The second-order valence-corrected chi connectivity index (χ2v) is 7.23. The number of hydrogen-bond acceptors (Lipinski definition) is 6. The van der Waals surface area contributed by atoms with Gasteiger partial charge in [-0.15, -0.1) is 11.8 Å². The Bertz CT molecular complexity index is 985. The predicted molar refractivity (Wildman–Crippen MR) is 106 cm³/mol. The number of carbonyl (C=O) groups excluding carboxylic acids is 2. The van der Waals surface area contributed by atoms with Gasteiger partial charge in [-0.2, -0.15) is 0 Å². The third kappa shape index (κ3) is 4.65. The molecule has 0 spiro atoms. The number of rotatable bonds is 6. The Labute approximate surface area is 164 Å². The van der Waals surface area contributed by atoms with Gasteiger partial charge in [-0.3, -0.25) is 30.6 Å². The number of non-ortho nitro benzene ring substituents is 1. The second-order valence-electron chi connectivity index (χ2n) is 5.90. The molecule has 0 bridgehead atoms. The molecule has 1 aromatic heterocycles. The quantitative estimate of drug-likeness (QED) is 0.432. The monoisotopic (exact) mass is 399 g/mol. The van der Waals surface area contributed by atoms with Gasteiger partial charge in [0.15, 0.2) is 0 Å². The summed E-state index contributed by atoms with van der Waals surface area (Å²) in [5, 5.41) is 10.6. The first-order valence-corrected chi connectivity index (χ1v) is 9.39. The first-order valence-electron chi connectivity index (χ1n) is 8.34. The van der Waals surface area contributed by atoms with E-state index in [0.29, 0.717) is 0 Å². The molecule has 3 N–H and O–H groups in total. The number of nitrogens with one attached hydrogen (secondary N) is 3. The minimum Gasteiger partial charge on any atom is -0.341 e. The molecule has 0 aliphatic rings. The van der Waals surface area contributed by atoms with Crippen molar-refractivity contribution in [3.63, 3.8) is 0 Å². The normalized spacial score (nSPS) is 11.8. The van der Waals surface area contributed by atoms with Crippen LogP contribution >= 0.6 is 11.8 Å². The van der Waals surface area contributed by atoms with Gasteiger partial charge in [0.2, 0.25) is 5.91 Å². The molecule has 10 heteroatoms. The van der Waals surface area contributed by atoms with E-state index in [4.69, 9.17) is 0 Å². The molecular formula is C18H17N5O4S. The van der Waals surface area contributed by atoms with Crippen molar-refractivity contribution in [1.29, 1.82) is 0 Å². The van der Waals surface area contributed by atoms with Gasteiger partial charge in [0.1, 0.15) is 5.82 Å². The number of hydrogen-bond donors (Lipinski definition) is 3. The number of carbonyl (C=O) groups is 2. The Morgan fingerprint density at radius 2 is 1.89 bits per heavy atom. The van der Waals surface area contributed by atoms with E-state index < -0.39 is 10.8 Å². The van der Waals surface area contributed by atoms with Crippen LogP contribution in [0.5, 0.6) is 0 Å². The molecule has 9 nitrogen and oxygen atoms in total. The minimum atomic E-state index is -0.557. The second kappa shape index (κ2) is 8.53. The highest BCUT2D eigenvalue weighted by Gasteiger charge is 2.14. The van der Waals surface area contributed by atoms with Crippen molar-refractivity contribution in [3.8, 4) is 0 Å². The number of benzene rings is 2. The van der Waals surface area contributed by atoms with Gasteiger partial charge in [-0.25, -0.2) is 4.98 Å². The van der Waals surface area contributed by atoms with Crippen molar-refractivity contribution in [2.24, 2.45) is 0 Å². The number of amides is 2. The van der Waals surface area contributed by atoms with Crippen LogP contribution in [0.2, 0.25) is 0 Å². The van der Waals surface area contributed by atoms with Crippen molar-refractivity contribution in [2.75, 3.05) is 5.75 Å². The van der Waals surface area contributed by atoms with E-state index in [0.717, 1.165) is 16.9 Å². The smallest absolute Gasteiger partial charge is 0.269 e. The lowest BCUT2D eigenvalue weighted by molar-refractivity contribution is -0.384. The van der Waals surface area contributed by atoms with E-state index in [2.05, 4.69) is 20.8 Å². The maximum Gasteiger partial charge on any atom is 0.269 e. The third-order valence-corrected chi connectivity index (χ3v) is 5.07. The summed E-state index contributed by atoms with van der Waals surface area (Å²) in [6.45, 7) is 1.94. The summed E-state index contributed by atoms with van der Waals surface area (Å²) in [4.78, 5) is 41.7. The number of hydrazine groups is 1. The molecule has 0 aliphatic carbocycles. The molecule has 3 aromatic rings. The van der Waals surface area contributed by atoms with Crippen LogP contribution in [0.15, 0.2) is 48.5 Å². The Morgan fingerprint density at radius 3 is 2.57 bits per heavy atom. The molecule has 0 unspecified atom stereocenters. The SMILES string of the molecule is C[C@H](SCC(=O)NNC(=O)c1ccc([N+](=O)[O-])cc1)c1nc2ccccc2[nH]1. The molecule has 2 amide bonds. The predicted octanol–water partition coefficient (Wildman–Crippen LogP) is 2.73. The fourth-order valence-corrected chi connectivity index (χ4v) is 3.16. The molecule has 1 heterocycles. The zero-order valence-corrected chi connectivity index (χ0v) is 15.7. The minimum absolute atomic E-state index is 0.0384. The summed E-state index contributed by atoms with van der Waals surface area (Å²) in [6.07, 6.45) is 0. The summed E-state index contributed by atoms with van der Waals surface area (Å²) in [6, 6.07) is 12.8. The van der Waals surface area contributed by atoms with Crippen LogP contribution < -0.4 is 10.9 Å². The molecule has 28 heavy (non-hydrogen) atoms. The number of H-pyrrole nitrogens is 1. The highest BCUT2D eigenvalue weighted by atomic mass is 32.2. The Hall–Kier alpha value is -3.40. The lowest BCUT2D eigenvalue weighted by atomic mass is 10.2. The van der Waals surface area contributed by atoms with Crippen molar-refractivity contribution in [2.45, 2.75) is 12.2 Å². The van der Waals surface area contributed by atoms with E-state index in [-0.39, 0.29) is 28.2 Å². The van der Waals surface area contributed by atoms with Gasteiger partial charge in [-0.05, 0) is 31.2 Å². The molecular weight excluding hydrogens is 382 g/mol. The number of thioether (sulfide) groups is 1. The summed E-state index contributed by atoms with van der Waals surface area (Å²) in [7, 11) is 0. The molecule has 144 valence electrons. The van der Waals surface area contributed by atoms with Gasteiger partial charge >= 0.3 is 0 Å². The number of aromatic amines is 1. The van der Waals surface area contributed by atoms with Crippen molar-refractivity contribution >= 4 is 40.3 Å². The molecule has 1 atom stereocenters. The van der Waals surface area contributed by atoms with Crippen LogP contribution in [0.4, 0.5) is 5.69 Å². The zero-order chi connectivity index (χ0) is 20.1. The molecule has 0 fully saturated rings. The van der Waals surface area contributed by atoms with Crippen LogP contribution in [-0.4, -0.2) is 32.5 Å². The van der Waals surface area contributed by atoms with Crippen molar-refractivity contribution in [3.05, 3.63) is 70.0 Å². The maximum absolute atomic E-state index is 12.0. The van der Waals surface area contributed by atoms with Gasteiger partial charge in [-0.1, -0.05) is 12.1 Å². The third-order valence-electron chi connectivity index (χ3n) is 3.91. The first kappa shape index (κ1) is 19.4. The largest absolute Gasteiger partial charge is 0.341 e. The Balaban J connectivity index is 1.47. The average Bonchev–Trinajstić information content (AvgIpc) is 3.14. The first-order chi connectivity index (χ1) is 13.4. The number of nitro benzene ring substituents is 1. The van der Waals surface area contributed by atoms with Crippen LogP contribution in [-0.2, 0) is 4.79 Å². The van der Waals surface area contributed by atoms with E-state index in [1.807, 2.05) is 31.2 Å². The molecule has 0 radical (unpaired) electrons. The molecule has 2 aromatic carbocycles. The zero-order valence-electron chi connectivity index (χ0n) is 14.8. The standard InChI is InChI=1S/C18H17N5O4S/c1-11(17-19-14-4-2-3-5-15(14)20-17)28-10-16(24)21-22-18(25)12-6-8-13(9-7-12)23(26)27/h2-9,11H,10H2,1H3,(H,19,20)(H,21,24)(H,22,25)/t11-/m0/s1. The van der Waals surface area contributed by atoms with Crippen molar-refractivity contribution in [1.82, 2.24) is 20.8 Å². The van der Waals surface area contributed by atoms with Gasteiger partial charge in [0, 0.05) is 17.7 Å². The average molecular weight is 399 g/mol. The summed E-state index contributed by atoms with van der Waals surface area (Å²) >= 11 is 1.37. The number of nitrogens with zero attached hydrogens (tertiary/aromatic N) is 2. The fraction of sp³-hybridized carbons (Fsp3) is 0.167. The van der Waals surface area contributed by atoms with E-state index in [9.17, 15) is 19.7 Å². The number of nitro groups is 1. The van der Waals surface area contributed by atoms with E-state index in [1.54, 1.807) is 0 Å². The van der Waals surface area contributed by atoms with Gasteiger partial charge in [0.25, 0.3) is 11.6 Å². The van der Waals surface area contributed by atoms with Crippen LogP contribution in [0.25, 0.3) is 11.0 Å². The van der Waals surface area contributed by atoms with E-state index >= 15 is 0 Å². The molecule has 0 saturated heterocycles. The molecule has 0 saturated carbocycles. The Kier molecular flexibility index (Phi) is 5.90.